The number of nitrogens with one attached hydrogen (secondary N) is 2. The monoisotopic (exact) mass is 263 g/mol. The van der Waals surface area contributed by atoms with Gasteiger partial charge in [-0.2, -0.15) is 0 Å². The molecule has 2 aromatic heterocycles. The largest absolute Gasteiger partial charge is 0.407 e. The number of anilines is 1. The van der Waals surface area contributed by atoms with Gasteiger partial charge in [0.15, 0.2) is 0 Å². The number of ether oxygens (including phenoxy) is 1. The average molecular weight is 263 g/mol. The van der Waals surface area contributed by atoms with E-state index in [1.165, 1.54) is 0 Å². The molecule has 2 aromatic rings. The van der Waals surface area contributed by atoms with Gasteiger partial charge in [-0.1, -0.05) is 11.2 Å². The first-order valence-electron chi connectivity index (χ1n) is 6.04. The van der Waals surface area contributed by atoms with Crippen molar-refractivity contribution >= 4 is 6.01 Å². The maximum atomic E-state index is 5.42. The van der Waals surface area contributed by atoms with Gasteiger partial charge in [0.25, 0.3) is 0 Å². The van der Waals surface area contributed by atoms with Gasteiger partial charge in [0.1, 0.15) is 0 Å². The van der Waals surface area contributed by atoms with Gasteiger partial charge in [-0.3, -0.25) is 4.98 Å². The molecule has 0 aliphatic carbocycles. The Hall–Kier alpha value is -1.99. The lowest BCUT2D eigenvalue weighted by molar-refractivity contribution is 0.198. The molecule has 0 aliphatic heterocycles. The molecule has 0 aromatic carbocycles. The SMILES string of the molecule is COCCNCc1nnc(NCc2ccccn2)o1. The second kappa shape index (κ2) is 7.45. The number of hydrogen-bond donors (Lipinski definition) is 2. The van der Waals surface area contributed by atoms with Crippen molar-refractivity contribution in [1.82, 2.24) is 20.5 Å². The summed E-state index contributed by atoms with van der Waals surface area (Å²) < 4.78 is 10.3. The van der Waals surface area contributed by atoms with Crippen molar-refractivity contribution in [3.63, 3.8) is 0 Å². The lowest BCUT2D eigenvalue weighted by Crippen LogP contribution is -2.18. The van der Waals surface area contributed by atoms with Crippen LogP contribution in [-0.4, -0.2) is 35.4 Å². The van der Waals surface area contributed by atoms with Crippen molar-refractivity contribution in [3.8, 4) is 0 Å². The summed E-state index contributed by atoms with van der Waals surface area (Å²) in [4.78, 5) is 4.19. The number of methoxy groups -OCH3 is 1. The van der Waals surface area contributed by atoms with Crippen molar-refractivity contribution in [3.05, 3.63) is 36.0 Å². The first kappa shape index (κ1) is 13.4. The van der Waals surface area contributed by atoms with Gasteiger partial charge < -0.3 is 19.8 Å². The molecule has 0 atom stereocenters. The fourth-order valence-electron chi connectivity index (χ4n) is 1.43. The van der Waals surface area contributed by atoms with Gasteiger partial charge in [-0.05, 0) is 12.1 Å². The van der Waals surface area contributed by atoms with Crippen molar-refractivity contribution < 1.29 is 9.15 Å². The molecule has 0 saturated carbocycles. The van der Waals surface area contributed by atoms with Crippen molar-refractivity contribution in [2.24, 2.45) is 0 Å². The number of rotatable bonds is 8. The van der Waals surface area contributed by atoms with Crippen LogP contribution in [0.5, 0.6) is 0 Å². The molecule has 0 spiro atoms. The van der Waals surface area contributed by atoms with Crippen LogP contribution in [0.2, 0.25) is 0 Å². The molecule has 102 valence electrons. The predicted molar refractivity (Wildman–Crippen MR) is 69.4 cm³/mol. The topological polar surface area (TPSA) is 85.1 Å². The van der Waals surface area contributed by atoms with Crippen LogP contribution in [0, 0.1) is 0 Å². The fourth-order valence-corrected chi connectivity index (χ4v) is 1.43. The zero-order valence-electron chi connectivity index (χ0n) is 10.8. The van der Waals surface area contributed by atoms with Crippen LogP contribution in [0.25, 0.3) is 0 Å². The third-order valence-corrected chi connectivity index (χ3v) is 2.37. The molecule has 0 amide bonds. The van der Waals surface area contributed by atoms with Crippen LogP contribution in [-0.2, 0) is 17.8 Å². The van der Waals surface area contributed by atoms with E-state index in [1.807, 2.05) is 18.2 Å². The molecule has 2 N–H and O–H groups in total. The Morgan fingerprint density at radius 2 is 2.21 bits per heavy atom. The second-order valence-electron chi connectivity index (χ2n) is 3.85. The van der Waals surface area contributed by atoms with Gasteiger partial charge in [0.05, 0.1) is 25.4 Å². The molecule has 0 unspecified atom stereocenters. The Morgan fingerprint density at radius 1 is 1.26 bits per heavy atom. The van der Waals surface area contributed by atoms with Crippen molar-refractivity contribution in [2.75, 3.05) is 25.6 Å². The Morgan fingerprint density at radius 3 is 3.00 bits per heavy atom. The Labute approximate surface area is 111 Å². The molecule has 7 heteroatoms. The Kier molecular flexibility index (Phi) is 5.27. The third kappa shape index (κ3) is 4.65. The highest BCUT2D eigenvalue weighted by Gasteiger charge is 2.05. The number of hydrogen-bond acceptors (Lipinski definition) is 7. The van der Waals surface area contributed by atoms with Gasteiger partial charge in [0.2, 0.25) is 5.89 Å². The summed E-state index contributed by atoms with van der Waals surface area (Å²) in [5.74, 6) is 0.541. The summed E-state index contributed by atoms with van der Waals surface area (Å²) in [5.41, 5.74) is 0.917. The van der Waals surface area contributed by atoms with Gasteiger partial charge in [-0.25, -0.2) is 0 Å². The molecule has 0 bridgehead atoms. The first-order chi connectivity index (χ1) is 9.38. The van der Waals surface area contributed by atoms with E-state index in [-0.39, 0.29) is 0 Å². The summed E-state index contributed by atoms with van der Waals surface area (Å²) in [5, 5.41) is 14.0. The van der Waals surface area contributed by atoms with E-state index in [9.17, 15) is 0 Å². The number of pyridine rings is 1. The van der Waals surface area contributed by atoms with Crippen LogP contribution < -0.4 is 10.6 Å². The van der Waals surface area contributed by atoms with Gasteiger partial charge >= 0.3 is 6.01 Å². The normalized spacial score (nSPS) is 10.6. The minimum absolute atomic E-state index is 0.397. The fraction of sp³-hybridized carbons (Fsp3) is 0.417. The summed E-state index contributed by atoms with van der Waals surface area (Å²) in [6, 6.07) is 6.13. The average Bonchev–Trinajstić information content (AvgIpc) is 2.91. The number of nitrogens with zero attached hydrogens (tertiary/aromatic N) is 3. The zero-order valence-corrected chi connectivity index (χ0v) is 10.8. The summed E-state index contributed by atoms with van der Waals surface area (Å²) in [6.07, 6.45) is 1.75. The van der Waals surface area contributed by atoms with Crippen LogP contribution in [0.1, 0.15) is 11.6 Å². The van der Waals surface area contributed by atoms with E-state index >= 15 is 0 Å². The van der Waals surface area contributed by atoms with Crippen LogP contribution in [0.15, 0.2) is 28.8 Å². The maximum absolute atomic E-state index is 5.42. The van der Waals surface area contributed by atoms with E-state index < -0.39 is 0 Å². The molecular weight excluding hydrogens is 246 g/mol. The highest BCUT2D eigenvalue weighted by molar-refractivity contribution is 5.19. The molecule has 0 aliphatic rings. The standard InChI is InChI=1S/C12H17N5O2/c1-18-7-6-13-9-11-16-17-12(19-11)15-8-10-4-2-3-5-14-10/h2-5,13H,6-9H2,1H3,(H,15,17). The highest BCUT2D eigenvalue weighted by Crippen LogP contribution is 2.06. The predicted octanol–water partition coefficient (Wildman–Crippen LogP) is 0.813. The van der Waals surface area contributed by atoms with E-state index in [1.54, 1.807) is 13.3 Å². The first-order valence-corrected chi connectivity index (χ1v) is 6.04. The molecule has 0 fully saturated rings. The van der Waals surface area contributed by atoms with Gasteiger partial charge in [0, 0.05) is 19.9 Å². The lowest BCUT2D eigenvalue weighted by Gasteiger charge is -2.00. The summed E-state index contributed by atoms with van der Waals surface area (Å²) in [6.45, 7) is 2.48. The number of aromatic nitrogens is 3. The molecule has 0 radical (unpaired) electrons. The highest BCUT2D eigenvalue weighted by atomic mass is 16.5. The van der Waals surface area contributed by atoms with Crippen LogP contribution in [0.3, 0.4) is 0 Å². The van der Waals surface area contributed by atoms with Crippen molar-refractivity contribution in [1.29, 1.82) is 0 Å². The quantitative estimate of drug-likeness (QED) is 0.682. The van der Waals surface area contributed by atoms with E-state index in [0.29, 0.717) is 31.6 Å². The molecule has 2 rings (SSSR count). The van der Waals surface area contributed by atoms with E-state index in [0.717, 1.165) is 12.2 Å². The van der Waals surface area contributed by atoms with E-state index in [4.69, 9.17) is 9.15 Å². The Bertz CT molecular complexity index is 474. The van der Waals surface area contributed by atoms with Crippen LogP contribution in [0.4, 0.5) is 6.01 Å². The second-order valence-corrected chi connectivity index (χ2v) is 3.85. The molecule has 7 nitrogen and oxygen atoms in total. The maximum Gasteiger partial charge on any atom is 0.315 e. The summed E-state index contributed by atoms with van der Waals surface area (Å²) >= 11 is 0. The molecular formula is C12H17N5O2. The minimum Gasteiger partial charge on any atom is -0.407 e. The zero-order chi connectivity index (χ0) is 13.3. The van der Waals surface area contributed by atoms with Crippen molar-refractivity contribution in [2.45, 2.75) is 13.1 Å². The third-order valence-electron chi connectivity index (χ3n) is 2.37. The smallest absolute Gasteiger partial charge is 0.315 e. The van der Waals surface area contributed by atoms with Crippen LogP contribution >= 0.6 is 0 Å². The Balaban J connectivity index is 1.74. The van der Waals surface area contributed by atoms with E-state index in [2.05, 4.69) is 25.8 Å². The molecule has 0 saturated heterocycles. The minimum atomic E-state index is 0.397. The summed E-state index contributed by atoms with van der Waals surface area (Å²) in [7, 11) is 1.66. The lowest BCUT2D eigenvalue weighted by atomic mass is 10.3. The molecule has 2 heterocycles. The van der Waals surface area contributed by atoms with Gasteiger partial charge in [-0.15, -0.1) is 5.10 Å². The molecule has 19 heavy (non-hydrogen) atoms.